The fourth-order valence-corrected chi connectivity index (χ4v) is 1.92. The van der Waals surface area contributed by atoms with Crippen LogP contribution in [0, 0.1) is 11.8 Å². The van der Waals surface area contributed by atoms with Gasteiger partial charge in [0.25, 0.3) is 0 Å². The molecule has 1 unspecified atom stereocenters. The van der Waals surface area contributed by atoms with E-state index in [1.165, 1.54) is 19.3 Å². The second-order valence-corrected chi connectivity index (χ2v) is 3.62. The molecular weight excluding hydrogens is 140 g/mol. The van der Waals surface area contributed by atoms with Crippen molar-refractivity contribution in [3.8, 4) is 0 Å². The van der Waals surface area contributed by atoms with Crippen molar-refractivity contribution < 1.29 is 9.90 Å². The maximum Gasteiger partial charge on any atom is 0.303 e. The summed E-state index contributed by atoms with van der Waals surface area (Å²) >= 11 is 0. The van der Waals surface area contributed by atoms with Crippen molar-refractivity contribution in [1.82, 2.24) is 0 Å². The molecule has 2 nitrogen and oxygen atoms in total. The van der Waals surface area contributed by atoms with E-state index in [0.29, 0.717) is 18.3 Å². The van der Waals surface area contributed by atoms with Crippen molar-refractivity contribution in [2.45, 2.75) is 39.0 Å². The van der Waals surface area contributed by atoms with Gasteiger partial charge in [0.05, 0.1) is 0 Å². The van der Waals surface area contributed by atoms with Gasteiger partial charge in [0.1, 0.15) is 0 Å². The van der Waals surface area contributed by atoms with Crippen LogP contribution in [0.5, 0.6) is 0 Å². The van der Waals surface area contributed by atoms with Crippen LogP contribution >= 0.6 is 0 Å². The number of hydrogen-bond donors (Lipinski definition) is 1. The van der Waals surface area contributed by atoms with Gasteiger partial charge in [-0.1, -0.05) is 26.2 Å². The SMILES string of the molecule is C[C@H]1CCCCC1CC(=O)O. The van der Waals surface area contributed by atoms with Gasteiger partial charge in [0, 0.05) is 6.42 Å². The van der Waals surface area contributed by atoms with Gasteiger partial charge in [-0.2, -0.15) is 0 Å². The summed E-state index contributed by atoms with van der Waals surface area (Å²) < 4.78 is 0. The molecule has 2 heteroatoms. The molecule has 1 aliphatic rings. The maximum atomic E-state index is 10.4. The Morgan fingerprint density at radius 1 is 1.45 bits per heavy atom. The average Bonchev–Trinajstić information content (AvgIpc) is 1.93. The standard InChI is InChI=1S/C9H16O2/c1-7-4-2-3-5-8(7)6-9(10)11/h7-8H,2-6H2,1H3,(H,10,11)/t7-,8?/m0/s1. The highest BCUT2D eigenvalue weighted by Crippen LogP contribution is 2.31. The van der Waals surface area contributed by atoms with Gasteiger partial charge in [0.2, 0.25) is 0 Å². The molecule has 0 heterocycles. The van der Waals surface area contributed by atoms with Gasteiger partial charge < -0.3 is 5.11 Å². The molecule has 0 aromatic carbocycles. The zero-order chi connectivity index (χ0) is 8.27. The van der Waals surface area contributed by atoms with Crippen LogP contribution in [0.4, 0.5) is 0 Å². The molecule has 11 heavy (non-hydrogen) atoms. The van der Waals surface area contributed by atoms with Gasteiger partial charge in [0.15, 0.2) is 0 Å². The fraction of sp³-hybridized carbons (Fsp3) is 0.889. The quantitative estimate of drug-likeness (QED) is 0.666. The van der Waals surface area contributed by atoms with Gasteiger partial charge in [-0.3, -0.25) is 4.79 Å². The Kier molecular flexibility index (Phi) is 2.92. The zero-order valence-electron chi connectivity index (χ0n) is 7.05. The van der Waals surface area contributed by atoms with Crippen molar-refractivity contribution >= 4 is 5.97 Å². The van der Waals surface area contributed by atoms with Crippen molar-refractivity contribution in [3.63, 3.8) is 0 Å². The van der Waals surface area contributed by atoms with Crippen LogP contribution in [0.25, 0.3) is 0 Å². The number of carbonyl (C=O) groups is 1. The zero-order valence-corrected chi connectivity index (χ0v) is 7.05. The number of carboxylic acid groups (broad SMARTS) is 1. The van der Waals surface area contributed by atoms with E-state index in [1.54, 1.807) is 0 Å². The monoisotopic (exact) mass is 156 g/mol. The van der Waals surface area contributed by atoms with Crippen LogP contribution in [0.3, 0.4) is 0 Å². The minimum Gasteiger partial charge on any atom is -0.481 e. The first-order valence-electron chi connectivity index (χ1n) is 4.42. The summed E-state index contributed by atoms with van der Waals surface area (Å²) in [6.07, 6.45) is 5.23. The van der Waals surface area contributed by atoms with Gasteiger partial charge >= 0.3 is 5.97 Å². The first-order chi connectivity index (χ1) is 5.20. The molecule has 0 aromatic heterocycles. The summed E-state index contributed by atoms with van der Waals surface area (Å²) in [4.78, 5) is 10.4. The third-order valence-corrected chi connectivity index (χ3v) is 2.73. The van der Waals surface area contributed by atoms with Gasteiger partial charge in [-0.05, 0) is 18.3 Å². The lowest BCUT2D eigenvalue weighted by Crippen LogP contribution is -2.19. The summed E-state index contributed by atoms with van der Waals surface area (Å²) in [5, 5.41) is 8.58. The Labute approximate surface area is 67.6 Å². The van der Waals surface area contributed by atoms with E-state index >= 15 is 0 Å². The molecule has 64 valence electrons. The average molecular weight is 156 g/mol. The highest BCUT2D eigenvalue weighted by Gasteiger charge is 2.22. The number of rotatable bonds is 2. The maximum absolute atomic E-state index is 10.4. The first-order valence-corrected chi connectivity index (χ1v) is 4.42. The minimum atomic E-state index is -0.635. The Bertz CT molecular complexity index is 142. The lowest BCUT2D eigenvalue weighted by Gasteiger charge is -2.27. The van der Waals surface area contributed by atoms with Gasteiger partial charge in [-0.15, -0.1) is 0 Å². The lowest BCUT2D eigenvalue weighted by atomic mass is 9.79. The van der Waals surface area contributed by atoms with E-state index in [1.807, 2.05) is 0 Å². The van der Waals surface area contributed by atoms with E-state index < -0.39 is 5.97 Å². The molecule has 1 aliphatic carbocycles. The Morgan fingerprint density at radius 3 is 2.64 bits per heavy atom. The van der Waals surface area contributed by atoms with E-state index in [9.17, 15) is 4.79 Å². The summed E-state index contributed by atoms with van der Waals surface area (Å²) in [7, 11) is 0. The third kappa shape index (κ3) is 2.52. The number of carboxylic acids is 1. The van der Waals surface area contributed by atoms with Crippen molar-refractivity contribution in [2.24, 2.45) is 11.8 Å². The van der Waals surface area contributed by atoms with E-state index in [2.05, 4.69) is 6.92 Å². The second kappa shape index (κ2) is 3.74. The summed E-state index contributed by atoms with van der Waals surface area (Å²) in [5.41, 5.74) is 0. The second-order valence-electron chi connectivity index (χ2n) is 3.62. The molecule has 0 aromatic rings. The smallest absolute Gasteiger partial charge is 0.303 e. The molecular formula is C9H16O2. The summed E-state index contributed by atoms with van der Waals surface area (Å²) in [6.45, 7) is 2.17. The Balaban J connectivity index is 2.35. The van der Waals surface area contributed by atoms with Gasteiger partial charge in [-0.25, -0.2) is 0 Å². The molecule has 1 N–H and O–H groups in total. The number of aliphatic carboxylic acids is 1. The molecule has 2 atom stereocenters. The Morgan fingerprint density at radius 2 is 2.09 bits per heavy atom. The van der Waals surface area contributed by atoms with Crippen LogP contribution in [-0.2, 0) is 4.79 Å². The first kappa shape index (κ1) is 8.57. The molecule has 0 amide bonds. The minimum absolute atomic E-state index is 0.376. The van der Waals surface area contributed by atoms with Crippen LogP contribution in [0.1, 0.15) is 39.0 Å². The van der Waals surface area contributed by atoms with Crippen LogP contribution < -0.4 is 0 Å². The highest BCUT2D eigenvalue weighted by atomic mass is 16.4. The molecule has 0 bridgehead atoms. The third-order valence-electron chi connectivity index (χ3n) is 2.73. The topological polar surface area (TPSA) is 37.3 Å². The molecule has 0 saturated heterocycles. The van der Waals surface area contributed by atoms with Crippen molar-refractivity contribution in [2.75, 3.05) is 0 Å². The van der Waals surface area contributed by atoms with E-state index in [-0.39, 0.29) is 0 Å². The molecule has 0 spiro atoms. The number of hydrogen-bond acceptors (Lipinski definition) is 1. The lowest BCUT2D eigenvalue weighted by molar-refractivity contribution is -0.138. The van der Waals surface area contributed by atoms with Crippen LogP contribution in [0.15, 0.2) is 0 Å². The van der Waals surface area contributed by atoms with Crippen molar-refractivity contribution in [3.05, 3.63) is 0 Å². The largest absolute Gasteiger partial charge is 0.481 e. The summed E-state index contributed by atoms with van der Waals surface area (Å²) in [6, 6.07) is 0. The van der Waals surface area contributed by atoms with E-state index in [0.717, 1.165) is 6.42 Å². The fourth-order valence-electron chi connectivity index (χ4n) is 1.92. The predicted molar refractivity (Wildman–Crippen MR) is 43.4 cm³/mol. The van der Waals surface area contributed by atoms with Crippen molar-refractivity contribution in [1.29, 1.82) is 0 Å². The Hall–Kier alpha value is -0.530. The highest BCUT2D eigenvalue weighted by molar-refractivity contribution is 5.67. The van der Waals surface area contributed by atoms with E-state index in [4.69, 9.17) is 5.11 Å². The normalized spacial score (nSPS) is 31.7. The summed E-state index contributed by atoms with van der Waals surface area (Å²) in [5.74, 6) is 0.435. The molecule has 1 rings (SSSR count). The molecule has 1 fully saturated rings. The molecule has 0 radical (unpaired) electrons. The molecule has 0 aliphatic heterocycles. The molecule has 1 saturated carbocycles. The van der Waals surface area contributed by atoms with Crippen LogP contribution in [-0.4, -0.2) is 11.1 Å². The van der Waals surface area contributed by atoms with Crippen LogP contribution in [0.2, 0.25) is 0 Å². The predicted octanol–water partition coefficient (Wildman–Crippen LogP) is 2.29.